The van der Waals surface area contributed by atoms with Crippen LogP contribution in [-0.2, 0) is 14.8 Å². The number of ether oxygens (including phenoxy) is 2. The molecule has 0 aliphatic carbocycles. The van der Waals surface area contributed by atoms with Crippen LogP contribution < -0.4 is 19.5 Å². The van der Waals surface area contributed by atoms with E-state index in [1.54, 1.807) is 30.3 Å². The summed E-state index contributed by atoms with van der Waals surface area (Å²) in [5, 5.41) is 2.40. The fraction of sp³-hybridized carbons (Fsp3) is 0.0952. The fourth-order valence-corrected chi connectivity index (χ4v) is 3.92. The monoisotopic (exact) mass is 508 g/mol. The Balaban J connectivity index is 1.59. The molecule has 3 aromatic rings. The van der Waals surface area contributed by atoms with Crippen molar-refractivity contribution in [2.75, 3.05) is 23.8 Å². The Hall–Kier alpha value is -3.11. The lowest BCUT2D eigenvalue weighted by molar-refractivity contribution is -0.118. The summed E-state index contributed by atoms with van der Waals surface area (Å²) >= 11 is 3.14. The van der Waals surface area contributed by atoms with Crippen LogP contribution in [0.4, 0.5) is 15.8 Å². The Morgan fingerprint density at radius 3 is 2.45 bits per heavy atom. The van der Waals surface area contributed by atoms with Gasteiger partial charge >= 0.3 is 0 Å². The molecule has 7 nitrogen and oxygen atoms in total. The van der Waals surface area contributed by atoms with Gasteiger partial charge in [-0.1, -0.05) is 22.0 Å². The number of hydrogen-bond acceptors (Lipinski definition) is 5. The summed E-state index contributed by atoms with van der Waals surface area (Å²) < 4.78 is 52.3. The summed E-state index contributed by atoms with van der Waals surface area (Å²) in [7, 11) is -2.33. The van der Waals surface area contributed by atoms with Gasteiger partial charge in [0.15, 0.2) is 6.61 Å². The summed E-state index contributed by atoms with van der Waals surface area (Å²) in [5.41, 5.74) is 0.387. The van der Waals surface area contributed by atoms with Gasteiger partial charge in [0.1, 0.15) is 17.3 Å². The van der Waals surface area contributed by atoms with E-state index < -0.39 is 21.7 Å². The number of carbonyl (C=O) groups excluding carboxylic acids is 1. The van der Waals surface area contributed by atoms with E-state index in [-0.39, 0.29) is 22.9 Å². The summed E-state index contributed by atoms with van der Waals surface area (Å²) in [5.74, 6) is -0.338. The Kier molecular flexibility index (Phi) is 7.13. The second-order valence-electron chi connectivity index (χ2n) is 6.27. The van der Waals surface area contributed by atoms with Crippen molar-refractivity contribution >= 4 is 43.2 Å². The van der Waals surface area contributed by atoms with Gasteiger partial charge < -0.3 is 14.8 Å². The molecule has 0 bridgehead atoms. The first kappa shape index (κ1) is 22.6. The molecule has 10 heteroatoms. The van der Waals surface area contributed by atoms with Crippen molar-refractivity contribution in [3.05, 3.63) is 77.0 Å². The van der Waals surface area contributed by atoms with Gasteiger partial charge in [0, 0.05) is 10.5 Å². The van der Waals surface area contributed by atoms with Crippen LogP contribution in [0, 0.1) is 5.82 Å². The van der Waals surface area contributed by atoms with E-state index in [0.29, 0.717) is 15.9 Å². The normalized spacial score (nSPS) is 10.9. The first-order valence-electron chi connectivity index (χ1n) is 8.91. The molecule has 3 aromatic carbocycles. The number of amides is 1. The molecule has 0 spiro atoms. The lowest BCUT2D eigenvalue weighted by Crippen LogP contribution is -2.20. The predicted octanol–water partition coefficient (Wildman–Crippen LogP) is 4.42. The maximum atomic E-state index is 13.8. The van der Waals surface area contributed by atoms with Gasteiger partial charge in [-0.15, -0.1) is 0 Å². The molecule has 0 unspecified atom stereocenters. The second kappa shape index (κ2) is 9.80. The first-order valence-corrected chi connectivity index (χ1v) is 11.2. The van der Waals surface area contributed by atoms with Crippen molar-refractivity contribution in [2.24, 2.45) is 0 Å². The summed E-state index contributed by atoms with van der Waals surface area (Å²) in [4.78, 5) is 12.0. The molecule has 2 N–H and O–H groups in total. The number of nitrogens with one attached hydrogen (secondary N) is 2. The molecular formula is C21H18BrFN2O5S. The quantitative estimate of drug-likeness (QED) is 0.469. The highest BCUT2D eigenvalue weighted by atomic mass is 79.9. The van der Waals surface area contributed by atoms with E-state index in [1.165, 1.54) is 43.5 Å². The fourth-order valence-electron chi connectivity index (χ4n) is 2.54. The molecule has 0 heterocycles. The van der Waals surface area contributed by atoms with Crippen LogP contribution in [-0.4, -0.2) is 28.0 Å². The Morgan fingerprint density at radius 2 is 1.77 bits per heavy atom. The van der Waals surface area contributed by atoms with E-state index in [2.05, 4.69) is 26.0 Å². The zero-order valence-corrected chi connectivity index (χ0v) is 18.7. The number of carbonyl (C=O) groups is 1. The zero-order valence-electron chi connectivity index (χ0n) is 16.3. The maximum absolute atomic E-state index is 13.8. The number of halogens is 2. The van der Waals surface area contributed by atoms with Crippen LogP contribution in [0.2, 0.25) is 0 Å². The van der Waals surface area contributed by atoms with Gasteiger partial charge in [-0.25, -0.2) is 12.8 Å². The largest absolute Gasteiger partial charge is 0.497 e. The SMILES string of the molecule is COc1cccc(NS(=O)(=O)c2ccc(OCC(=O)Nc3ccc(Br)cc3F)cc2)c1. The molecule has 1 amide bonds. The number of rotatable bonds is 8. The topological polar surface area (TPSA) is 93.7 Å². The van der Waals surface area contributed by atoms with Crippen LogP contribution in [0.5, 0.6) is 11.5 Å². The van der Waals surface area contributed by atoms with Crippen molar-refractivity contribution in [1.29, 1.82) is 0 Å². The second-order valence-corrected chi connectivity index (χ2v) is 8.87. The Morgan fingerprint density at radius 1 is 1.03 bits per heavy atom. The molecule has 0 saturated heterocycles. The molecule has 0 aromatic heterocycles. The van der Waals surface area contributed by atoms with Crippen molar-refractivity contribution in [1.82, 2.24) is 0 Å². The highest BCUT2D eigenvalue weighted by Gasteiger charge is 2.15. The maximum Gasteiger partial charge on any atom is 0.262 e. The smallest absolute Gasteiger partial charge is 0.262 e. The third-order valence-electron chi connectivity index (χ3n) is 4.03. The number of hydrogen-bond donors (Lipinski definition) is 2. The summed E-state index contributed by atoms with van der Waals surface area (Å²) in [6.45, 7) is -0.371. The van der Waals surface area contributed by atoms with Crippen LogP contribution in [0.1, 0.15) is 0 Å². The minimum absolute atomic E-state index is 0.0176. The highest BCUT2D eigenvalue weighted by Crippen LogP contribution is 2.22. The van der Waals surface area contributed by atoms with Gasteiger partial charge in [0.2, 0.25) is 0 Å². The molecule has 0 saturated carbocycles. The number of sulfonamides is 1. The zero-order chi connectivity index (χ0) is 22.4. The number of benzene rings is 3. The first-order chi connectivity index (χ1) is 14.8. The molecule has 31 heavy (non-hydrogen) atoms. The van der Waals surface area contributed by atoms with Crippen molar-refractivity contribution in [3.8, 4) is 11.5 Å². The van der Waals surface area contributed by atoms with Crippen LogP contribution in [0.15, 0.2) is 76.1 Å². The van der Waals surface area contributed by atoms with Crippen LogP contribution >= 0.6 is 15.9 Å². The predicted molar refractivity (Wildman–Crippen MR) is 118 cm³/mol. The molecule has 0 atom stereocenters. The van der Waals surface area contributed by atoms with E-state index in [9.17, 15) is 17.6 Å². The highest BCUT2D eigenvalue weighted by molar-refractivity contribution is 9.10. The molecular weight excluding hydrogens is 491 g/mol. The summed E-state index contributed by atoms with van der Waals surface area (Å²) in [6, 6.07) is 16.3. The van der Waals surface area contributed by atoms with E-state index in [1.807, 2.05) is 0 Å². The van der Waals surface area contributed by atoms with Crippen LogP contribution in [0.3, 0.4) is 0 Å². The lowest BCUT2D eigenvalue weighted by atomic mass is 10.3. The minimum atomic E-state index is -3.82. The van der Waals surface area contributed by atoms with Crippen molar-refractivity contribution in [3.63, 3.8) is 0 Å². The van der Waals surface area contributed by atoms with Gasteiger partial charge in [0.05, 0.1) is 23.4 Å². The van der Waals surface area contributed by atoms with E-state index in [0.717, 1.165) is 0 Å². The average Bonchev–Trinajstić information content (AvgIpc) is 2.74. The van der Waals surface area contributed by atoms with Gasteiger partial charge in [-0.05, 0) is 54.6 Å². The number of anilines is 2. The molecule has 0 radical (unpaired) electrons. The molecule has 0 fully saturated rings. The van der Waals surface area contributed by atoms with Crippen molar-refractivity contribution < 1.29 is 27.1 Å². The van der Waals surface area contributed by atoms with Crippen molar-refractivity contribution in [2.45, 2.75) is 4.90 Å². The van der Waals surface area contributed by atoms with Gasteiger partial charge in [0.25, 0.3) is 15.9 Å². The molecule has 0 aliphatic rings. The Bertz CT molecular complexity index is 1190. The third-order valence-corrected chi connectivity index (χ3v) is 5.92. The lowest BCUT2D eigenvalue weighted by Gasteiger charge is -2.11. The molecule has 3 rings (SSSR count). The van der Waals surface area contributed by atoms with Crippen LogP contribution in [0.25, 0.3) is 0 Å². The van der Waals surface area contributed by atoms with Gasteiger partial charge in [-0.2, -0.15) is 0 Å². The molecule has 162 valence electrons. The average molecular weight is 509 g/mol. The molecule has 0 aliphatic heterocycles. The van der Waals surface area contributed by atoms with Gasteiger partial charge in [-0.3, -0.25) is 9.52 Å². The van der Waals surface area contributed by atoms with E-state index in [4.69, 9.17) is 9.47 Å². The third kappa shape index (κ3) is 6.19. The Labute approximate surface area is 187 Å². The summed E-state index contributed by atoms with van der Waals surface area (Å²) in [6.07, 6.45) is 0. The minimum Gasteiger partial charge on any atom is -0.497 e. The standard InChI is InChI=1S/C21H18BrFN2O5S/c1-29-17-4-2-3-15(12-17)25-31(27,28)18-8-6-16(7-9-18)30-13-21(26)24-20-10-5-14(22)11-19(20)23/h2-12,25H,13H2,1H3,(H,24,26). The number of methoxy groups -OCH3 is 1. The van der Waals surface area contributed by atoms with E-state index >= 15 is 0 Å².